The molecule has 0 aliphatic carbocycles. The first-order valence-corrected chi connectivity index (χ1v) is 9.60. The van der Waals surface area contributed by atoms with Crippen molar-refractivity contribution in [3.63, 3.8) is 0 Å². The van der Waals surface area contributed by atoms with Gasteiger partial charge in [0.05, 0.1) is 7.11 Å². The van der Waals surface area contributed by atoms with Gasteiger partial charge in [-0.25, -0.2) is 0 Å². The predicted octanol–water partition coefficient (Wildman–Crippen LogP) is 7.43. The van der Waals surface area contributed by atoms with Crippen LogP contribution in [0.2, 0.25) is 0 Å². The largest absolute Gasteiger partial charge is 0.497 e. The minimum Gasteiger partial charge on any atom is -0.497 e. The quantitative estimate of drug-likeness (QED) is 0.364. The van der Waals surface area contributed by atoms with Gasteiger partial charge in [0.2, 0.25) is 0 Å². The molecule has 0 atom stereocenters. The number of methoxy groups -OCH3 is 1. The number of fused-ring (bicyclic) bond motifs is 1. The Morgan fingerprint density at radius 2 is 1.39 bits per heavy atom. The second-order valence-corrected chi connectivity index (χ2v) is 7.19. The number of hydrogen-bond acceptors (Lipinski definition) is 2. The molecule has 0 saturated heterocycles. The van der Waals surface area contributed by atoms with E-state index < -0.39 is 0 Å². The lowest BCUT2D eigenvalue weighted by molar-refractivity contribution is 0.415. The van der Waals surface area contributed by atoms with E-state index in [4.69, 9.17) is 9.47 Å². The fourth-order valence-corrected chi connectivity index (χ4v) is 3.57. The molecule has 2 nitrogen and oxygen atoms in total. The third-order valence-corrected chi connectivity index (χ3v) is 4.98. The number of rotatable bonds is 5. The molecule has 0 aliphatic heterocycles. The topological polar surface area (TPSA) is 18.5 Å². The van der Waals surface area contributed by atoms with Gasteiger partial charge < -0.3 is 9.47 Å². The molecule has 0 radical (unpaired) electrons. The van der Waals surface area contributed by atoms with Crippen molar-refractivity contribution in [3.05, 3.63) is 90.5 Å². The molecule has 4 aromatic carbocycles. The highest BCUT2D eigenvalue weighted by molar-refractivity contribution is 5.98. The highest BCUT2D eigenvalue weighted by atomic mass is 16.5. The maximum atomic E-state index is 6.50. The molecule has 0 fully saturated rings. The summed E-state index contributed by atoms with van der Waals surface area (Å²) >= 11 is 0. The van der Waals surface area contributed by atoms with E-state index in [1.807, 2.05) is 42.5 Å². The van der Waals surface area contributed by atoms with E-state index >= 15 is 0 Å². The first kappa shape index (κ1) is 18.1. The summed E-state index contributed by atoms with van der Waals surface area (Å²) in [6.45, 7) is 4.44. The highest BCUT2D eigenvalue weighted by Gasteiger charge is 2.19. The molecule has 0 N–H and O–H groups in total. The number of para-hydroxylation sites is 1. The molecular weight excluding hydrogens is 344 g/mol. The van der Waals surface area contributed by atoms with Gasteiger partial charge in [0, 0.05) is 10.9 Å². The summed E-state index contributed by atoms with van der Waals surface area (Å²) in [5.74, 6) is 2.92. The van der Waals surface area contributed by atoms with Crippen molar-refractivity contribution in [1.29, 1.82) is 0 Å². The van der Waals surface area contributed by atoms with Crippen LogP contribution in [0.5, 0.6) is 17.2 Å². The molecule has 2 heteroatoms. The van der Waals surface area contributed by atoms with Gasteiger partial charge in [-0.2, -0.15) is 0 Å². The Morgan fingerprint density at radius 3 is 2.04 bits per heavy atom. The van der Waals surface area contributed by atoms with Crippen LogP contribution in [-0.2, 0) is 0 Å². The predicted molar refractivity (Wildman–Crippen MR) is 117 cm³/mol. The molecule has 0 aromatic heterocycles. The van der Waals surface area contributed by atoms with Crippen LogP contribution in [0.15, 0.2) is 84.9 Å². The van der Waals surface area contributed by atoms with Gasteiger partial charge in [0.25, 0.3) is 0 Å². The third-order valence-electron chi connectivity index (χ3n) is 4.98. The SMILES string of the molecule is COc1ccc2c(Oc3ccccc3)c(-c3ccccc3)c(C(C)C)cc2c1. The van der Waals surface area contributed by atoms with Crippen LogP contribution < -0.4 is 9.47 Å². The van der Waals surface area contributed by atoms with Gasteiger partial charge in [-0.15, -0.1) is 0 Å². The standard InChI is InChI=1S/C26H24O2/c1-18(2)24-17-20-16-22(27-3)14-15-23(20)26(28-21-12-8-5-9-13-21)25(24)19-10-6-4-7-11-19/h4-18H,1-3H3. The Hall–Kier alpha value is -3.26. The molecule has 28 heavy (non-hydrogen) atoms. The van der Waals surface area contributed by atoms with Crippen molar-refractivity contribution >= 4 is 10.8 Å². The van der Waals surface area contributed by atoms with Crippen LogP contribution >= 0.6 is 0 Å². The molecule has 0 aliphatic rings. The Kier molecular flexibility index (Phi) is 5.03. The van der Waals surface area contributed by atoms with Crippen molar-refractivity contribution < 1.29 is 9.47 Å². The smallest absolute Gasteiger partial charge is 0.143 e. The van der Waals surface area contributed by atoms with Crippen molar-refractivity contribution in [2.75, 3.05) is 7.11 Å². The minimum atomic E-state index is 0.351. The lowest BCUT2D eigenvalue weighted by Crippen LogP contribution is -1.98. The minimum absolute atomic E-state index is 0.351. The zero-order chi connectivity index (χ0) is 19.5. The molecule has 0 saturated carbocycles. The summed E-state index contributed by atoms with van der Waals surface area (Å²) in [6.07, 6.45) is 0. The van der Waals surface area contributed by atoms with E-state index in [0.29, 0.717) is 5.92 Å². The van der Waals surface area contributed by atoms with Gasteiger partial charge in [-0.1, -0.05) is 62.4 Å². The number of hydrogen-bond donors (Lipinski definition) is 0. The van der Waals surface area contributed by atoms with Crippen LogP contribution in [0, 0.1) is 0 Å². The summed E-state index contributed by atoms with van der Waals surface area (Å²) in [6, 6.07) is 28.9. The maximum Gasteiger partial charge on any atom is 0.143 e. The van der Waals surface area contributed by atoms with E-state index in [1.165, 1.54) is 5.56 Å². The molecule has 0 heterocycles. The molecular formula is C26H24O2. The second kappa shape index (κ2) is 7.77. The van der Waals surface area contributed by atoms with E-state index in [2.05, 4.69) is 56.3 Å². The summed E-state index contributed by atoms with van der Waals surface area (Å²) in [4.78, 5) is 0. The maximum absolute atomic E-state index is 6.50. The van der Waals surface area contributed by atoms with E-state index in [1.54, 1.807) is 7.11 Å². The van der Waals surface area contributed by atoms with Gasteiger partial charge in [-0.05, 0) is 58.8 Å². The molecule has 0 bridgehead atoms. The Labute approximate surface area is 166 Å². The van der Waals surface area contributed by atoms with Crippen LogP contribution in [-0.4, -0.2) is 7.11 Å². The molecule has 4 rings (SSSR count). The first-order valence-electron chi connectivity index (χ1n) is 9.60. The van der Waals surface area contributed by atoms with Gasteiger partial charge in [-0.3, -0.25) is 0 Å². The third kappa shape index (κ3) is 3.46. The van der Waals surface area contributed by atoms with Crippen LogP contribution in [0.3, 0.4) is 0 Å². The average Bonchev–Trinajstić information content (AvgIpc) is 2.74. The number of benzene rings is 4. The molecule has 0 unspecified atom stereocenters. The first-order chi connectivity index (χ1) is 13.7. The zero-order valence-corrected chi connectivity index (χ0v) is 16.5. The lowest BCUT2D eigenvalue weighted by atomic mass is 9.88. The molecule has 0 amide bonds. The Morgan fingerprint density at radius 1 is 0.714 bits per heavy atom. The Balaban J connectivity index is 2.05. The van der Waals surface area contributed by atoms with Crippen molar-refractivity contribution in [2.24, 2.45) is 0 Å². The van der Waals surface area contributed by atoms with Crippen molar-refractivity contribution in [2.45, 2.75) is 19.8 Å². The molecule has 4 aromatic rings. The van der Waals surface area contributed by atoms with E-state index in [0.717, 1.165) is 39.1 Å². The average molecular weight is 368 g/mol. The fraction of sp³-hybridized carbons (Fsp3) is 0.154. The summed E-state index contributed by atoms with van der Waals surface area (Å²) < 4.78 is 12.0. The summed E-state index contributed by atoms with van der Waals surface area (Å²) in [5.41, 5.74) is 3.57. The molecule has 140 valence electrons. The summed E-state index contributed by atoms with van der Waals surface area (Å²) in [7, 11) is 1.70. The van der Waals surface area contributed by atoms with Crippen molar-refractivity contribution in [3.8, 4) is 28.4 Å². The van der Waals surface area contributed by atoms with Crippen LogP contribution in [0.1, 0.15) is 25.3 Å². The van der Waals surface area contributed by atoms with E-state index in [9.17, 15) is 0 Å². The van der Waals surface area contributed by atoms with Crippen LogP contribution in [0.4, 0.5) is 0 Å². The monoisotopic (exact) mass is 368 g/mol. The van der Waals surface area contributed by atoms with Gasteiger partial charge in [0.1, 0.15) is 17.2 Å². The zero-order valence-electron chi connectivity index (χ0n) is 16.5. The van der Waals surface area contributed by atoms with Gasteiger partial charge >= 0.3 is 0 Å². The fourth-order valence-electron chi connectivity index (χ4n) is 3.57. The molecule has 0 spiro atoms. The highest BCUT2D eigenvalue weighted by Crippen LogP contribution is 2.45. The van der Waals surface area contributed by atoms with E-state index in [-0.39, 0.29) is 0 Å². The Bertz CT molecular complexity index is 1080. The summed E-state index contributed by atoms with van der Waals surface area (Å²) in [5, 5.41) is 2.20. The number of ether oxygens (including phenoxy) is 2. The van der Waals surface area contributed by atoms with Crippen molar-refractivity contribution in [1.82, 2.24) is 0 Å². The van der Waals surface area contributed by atoms with Crippen LogP contribution in [0.25, 0.3) is 21.9 Å². The second-order valence-electron chi connectivity index (χ2n) is 7.19. The lowest BCUT2D eigenvalue weighted by Gasteiger charge is -2.21. The van der Waals surface area contributed by atoms with Gasteiger partial charge in [0.15, 0.2) is 0 Å². The normalized spacial score (nSPS) is 11.0.